The standard InChI is InChI=1S/C49H47F4N7O7S2/c1-29-41(69-28-56-29)31-13-11-30(12-14-31)25-55-43(63)38-23-35(61)26-58(38)44(64)42(47(2,3)4)57-40(62)27-66-19-9-7-8-10-20-67-39-18-17-34(22-37(39)50)60-46(68)59(45(65)48(60,5)6)33-16-15-32(24-54)36(21-33)49(51,52)53/h11-18,21-22,28,35,38,42,61H,19-20,23,25-27H2,1-6H3,(H,55,63)(H,57,62)/t35-,38+,42-/m1/s1. The number of aromatic nitrogens is 1. The number of hydrogen-bond acceptors (Lipinski definition) is 11. The number of β-amino-alcohol motifs (C(OH)–C–C–N with tert-alkyl or cyclic N) is 1. The molecular formula is C49H47F4N7O7S2. The first-order valence-electron chi connectivity index (χ1n) is 21.3. The van der Waals surface area contributed by atoms with Crippen molar-refractivity contribution in [1.82, 2.24) is 20.5 Å². The number of aliphatic hydroxyl groups is 1. The van der Waals surface area contributed by atoms with Crippen LogP contribution in [0.3, 0.4) is 0 Å². The predicted octanol–water partition coefficient (Wildman–Crippen LogP) is 6.28. The van der Waals surface area contributed by atoms with E-state index in [4.69, 9.17) is 21.7 Å². The second kappa shape index (κ2) is 21.2. The third-order valence-electron chi connectivity index (χ3n) is 11.2. The molecule has 2 aliphatic heterocycles. The Morgan fingerprint density at radius 1 is 1.03 bits per heavy atom. The number of hydrogen-bond donors (Lipinski definition) is 3. The van der Waals surface area contributed by atoms with E-state index in [2.05, 4.69) is 39.3 Å². The van der Waals surface area contributed by atoms with E-state index in [-0.39, 0.29) is 55.0 Å². The molecule has 14 nitrogen and oxygen atoms in total. The Morgan fingerprint density at radius 3 is 2.33 bits per heavy atom. The number of aryl methyl sites for hydroxylation is 1. The van der Waals surface area contributed by atoms with Crippen molar-refractivity contribution in [2.45, 2.75) is 84.4 Å². The molecule has 360 valence electrons. The lowest BCUT2D eigenvalue weighted by atomic mass is 9.85. The van der Waals surface area contributed by atoms with Crippen molar-refractivity contribution >= 4 is 63.7 Å². The number of amides is 4. The third kappa shape index (κ3) is 11.9. The summed E-state index contributed by atoms with van der Waals surface area (Å²) in [5, 5.41) is 25.1. The monoisotopic (exact) mass is 985 g/mol. The average molecular weight is 986 g/mol. The van der Waals surface area contributed by atoms with E-state index in [1.54, 1.807) is 37.6 Å². The molecule has 0 saturated carbocycles. The Hall–Kier alpha value is -6.89. The Kier molecular flexibility index (Phi) is 15.8. The molecular weight excluding hydrogens is 939 g/mol. The van der Waals surface area contributed by atoms with Gasteiger partial charge in [0.1, 0.15) is 37.4 Å². The maximum atomic E-state index is 15.3. The molecule has 0 bridgehead atoms. The fourth-order valence-electron chi connectivity index (χ4n) is 7.66. The van der Waals surface area contributed by atoms with Gasteiger partial charge in [-0.25, -0.2) is 9.37 Å². The van der Waals surface area contributed by atoms with Gasteiger partial charge in [0, 0.05) is 31.3 Å². The molecule has 69 heavy (non-hydrogen) atoms. The van der Waals surface area contributed by atoms with E-state index in [0.717, 1.165) is 38.7 Å². The lowest BCUT2D eigenvalue weighted by Gasteiger charge is -2.35. The van der Waals surface area contributed by atoms with Crippen LogP contribution in [0.4, 0.5) is 28.9 Å². The summed E-state index contributed by atoms with van der Waals surface area (Å²) in [7, 11) is 0. The Labute approximate surface area is 405 Å². The number of anilines is 2. The molecule has 4 aromatic rings. The molecule has 20 heteroatoms. The second-order valence-corrected chi connectivity index (χ2v) is 18.8. The summed E-state index contributed by atoms with van der Waals surface area (Å²) >= 11 is 7.06. The largest absolute Gasteiger partial charge is 0.478 e. The van der Waals surface area contributed by atoms with Crippen molar-refractivity contribution in [3.63, 3.8) is 0 Å². The minimum absolute atomic E-state index is 0.0380. The van der Waals surface area contributed by atoms with Crippen molar-refractivity contribution in [1.29, 1.82) is 5.26 Å². The van der Waals surface area contributed by atoms with Gasteiger partial charge in [0.15, 0.2) is 16.7 Å². The van der Waals surface area contributed by atoms with Crippen LogP contribution in [0.25, 0.3) is 10.4 Å². The molecule has 3 atom stereocenters. The summed E-state index contributed by atoms with van der Waals surface area (Å²) in [4.78, 5) is 62.6. The number of halogens is 4. The number of carbonyl (C=O) groups is 4. The lowest BCUT2D eigenvalue weighted by Crippen LogP contribution is -2.58. The van der Waals surface area contributed by atoms with E-state index in [1.165, 1.54) is 47.9 Å². The average Bonchev–Trinajstić information content (AvgIpc) is 3.95. The van der Waals surface area contributed by atoms with Crippen LogP contribution in [0.15, 0.2) is 66.2 Å². The first kappa shape index (κ1) is 51.5. The van der Waals surface area contributed by atoms with Crippen LogP contribution >= 0.6 is 23.6 Å². The number of carbonyl (C=O) groups excluding carboxylic acids is 4. The Balaban J connectivity index is 0.969. The van der Waals surface area contributed by atoms with Crippen molar-refractivity contribution in [3.8, 4) is 45.9 Å². The van der Waals surface area contributed by atoms with Gasteiger partial charge < -0.3 is 35.0 Å². The van der Waals surface area contributed by atoms with Crippen LogP contribution in [0, 0.1) is 53.2 Å². The molecule has 3 heterocycles. The van der Waals surface area contributed by atoms with Crippen LogP contribution in [-0.4, -0.2) is 93.8 Å². The summed E-state index contributed by atoms with van der Waals surface area (Å²) in [5.74, 6) is 7.00. The minimum Gasteiger partial charge on any atom is -0.478 e. The summed E-state index contributed by atoms with van der Waals surface area (Å²) in [5.41, 5.74) is 0.414. The van der Waals surface area contributed by atoms with Gasteiger partial charge in [-0.05, 0) is 97.6 Å². The number of rotatable bonds is 13. The van der Waals surface area contributed by atoms with Crippen molar-refractivity contribution in [2.24, 2.45) is 5.41 Å². The van der Waals surface area contributed by atoms with Crippen molar-refractivity contribution in [2.75, 3.05) is 36.2 Å². The maximum Gasteiger partial charge on any atom is 0.417 e. The molecule has 3 aromatic carbocycles. The number of nitriles is 1. The number of thiazole rings is 1. The molecule has 0 spiro atoms. The van der Waals surface area contributed by atoms with E-state index in [0.29, 0.717) is 6.07 Å². The SMILES string of the molecule is Cc1ncsc1-c1ccc(CNC(=O)[C@@H]2C[C@@H](O)CN2C(=O)[C@@H](NC(=O)COCC#CC#CCOc2ccc(N3C(=S)N(c4ccc(C#N)c(C(F)(F)F)c4)C(=O)C3(C)C)cc2F)C(C)(C)C)cc1. The smallest absolute Gasteiger partial charge is 0.417 e. The lowest BCUT2D eigenvalue weighted by molar-refractivity contribution is -0.144. The van der Waals surface area contributed by atoms with E-state index in [9.17, 15) is 42.7 Å². The minimum atomic E-state index is -4.87. The number of nitrogens with zero attached hydrogens (tertiary/aromatic N) is 5. The quantitative estimate of drug-likeness (QED) is 0.0595. The summed E-state index contributed by atoms with van der Waals surface area (Å²) in [6, 6.07) is 13.8. The van der Waals surface area contributed by atoms with Crippen LogP contribution in [0.2, 0.25) is 0 Å². The third-order valence-corrected chi connectivity index (χ3v) is 12.5. The Morgan fingerprint density at radius 2 is 1.71 bits per heavy atom. The highest BCUT2D eigenvalue weighted by atomic mass is 32.1. The fourth-order valence-corrected chi connectivity index (χ4v) is 8.99. The zero-order valence-electron chi connectivity index (χ0n) is 38.3. The van der Waals surface area contributed by atoms with E-state index >= 15 is 4.39 Å². The number of nitrogens with one attached hydrogen (secondary N) is 2. The van der Waals surface area contributed by atoms with Gasteiger partial charge in [-0.15, -0.1) is 11.3 Å². The maximum absolute atomic E-state index is 15.3. The zero-order valence-corrected chi connectivity index (χ0v) is 39.9. The summed E-state index contributed by atoms with van der Waals surface area (Å²) in [6.45, 7) is 9.38. The molecule has 4 amide bonds. The van der Waals surface area contributed by atoms with Gasteiger partial charge in [0.25, 0.3) is 5.91 Å². The first-order valence-corrected chi connectivity index (χ1v) is 22.6. The summed E-state index contributed by atoms with van der Waals surface area (Å²) < 4.78 is 67.2. The molecule has 1 aromatic heterocycles. The Bertz CT molecular complexity index is 2820. The fraction of sp³-hybridized carbons (Fsp3) is 0.367. The van der Waals surface area contributed by atoms with Crippen LogP contribution < -0.4 is 25.2 Å². The number of thiocarbonyl (C=S) groups is 1. The van der Waals surface area contributed by atoms with Crippen LogP contribution in [0.1, 0.15) is 63.4 Å². The molecule has 2 fully saturated rings. The van der Waals surface area contributed by atoms with Crippen LogP contribution in [-0.2, 0) is 36.6 Å². The second-order valence-electron chi connectivity index (χ2n) is 17.6. The molecule has 0 radical (unpaired) electrons. The van der Waals surface area contributed by atoms with Gasteiger partial charge >= 0.3 is 6.18 Å². The van der Waals surface area contributed by atoms with E-state index < -0.39 is 82.5 Å². The molecule has 2 saturated heterocycles. The zero-order chi connectivity index (χ0) is 50.4. The number of likely N-dealkylation sites (tertiary alicyclic amines) is 1. The van der Waals surface area contributed by atoms with Crippen molar-refractivity contribution < 1.29 is 51.3 Å². The molecule has 0 unspecified atom stereocenters. The first-order chi connectivity index (χ1) is 32.5. The number of alkyl halides is 3. The van der Waals surface area contributed by atoms with Gasteiger partial charge in [0.2, 0.25) is 17.7 Å². The van der Waals surface area contributed by atoms with Gasteiger partial charge in [-0.2, -0.15) is 18.4 Å². The van der Waals surface area contributed by atoms with Gasteiger partial charge in [-0.3, -0.25) is 24.1 Å². The van der Waals surface area contributed by atoms with Gasteiger partial charge in [0.05, 0.1) is 45.1 Å². The van der Waals surface area contributed by atoms with Crippen LogP contribution in [0.5, 0.6) is 5.75 Å². The summed E-state index contributed by atoms with van der Waals surface area (Å²) in [6.07, 6.45) is -5.77. The molecule has 2 aliphatic rings. The molecule has 0 aliphatic carbocycles. The van der Waals surface area contributed by atoms with Gasteiger partial charge in [-0.1, -0.05) is 51.0 Å². The highest BCUT2D eigenvalue weighted by Gasteiger charge is 2.51. The number of benzene rings is 3. The molecule has 3 N–H and O–H groups in total. The number of aliphatic hydroxyl groups excluding tert-OH is 1. The topological polar surface area (TPSA) is 177 Å². The highest BCUT2D eigenvalue weighted by Crippen LogP contribution is 2.40. The van der Waals surface area contributed by atoms with Crippen molar-refractivity contribution in [3.05, 3.63) is 94.4 Å². The highest BCUT2D eigenvalue weighted by molar-refractivity contribution is 7.81. The predicted molar refractivity (Wildman–Crippen MR) is 253 cm³/mol. The van der Waals surface area contributed by atoms with E-state index in [1.807, 2.05) is 31.2 Å². The molecule has 6 rings (SSSR count). The number of ether oxygens (including phenoxy) is 2. The normalized spacial score (nSPS) is 17.0.